The highest BCUT2D eigenvalue weighted by Gasteiger charge is 2.19. The lowest BCUT2D eigenvalue weighted by atomic mass is 9.89. The summed E-state index contributed by atoms with van der Waals surface area (Å²) in [5, 5.41) is 0. The van der Waals surface area contributed by atoms with E-state index >= 15 is 0 Å². The molecule has 0 rings (SSSR count). The third-order valence-electron chi connectivity index (χ3n) is 1.76. The minimum absolute atomic E-state index is 0.00891. The van der Waals surface area contributed by atoms with Crippen molar-refractivity contribution in [2.24, 2.45) is 5.41 Å². The highest BCUT2D eigenvalue weighted by molar-refractivity contribution is 5.83. The number of ketones is 1. The van der Waals surface area contributed by atoms with Crippen molar-refractivity contribution >= 4 is 11.8 Å². The Labute approximate surface area is 98.6 Å². The Morgan fingerprint density at radius 3 is 1.81 bits per heavy atom. The third kappa shape index (κ3) is 9.69. The molecule has 0 aromatic carbocycles. The molecule has 0 atom stereocenters. The predicted octanol–water partition coefficient (Wildman–Crippen LogP) is 3.11. The third-order valence-corrected chi connectivity index (χ3v) is 1.76. The number of rotatable bonds is 4. The molecule has 0 unspecified atom stereocenters. The predicted molar refractivity (Wildman–Crippen MR) is 64.2 cm³/mol. The molecule has 0 spiro atoms. The summed E-state index contributed by atoms with van der Waals surface area (Å²) >= 11 is 0. The molecule has 0 aliphatic carbocycles. The molecule has 0 aliphatic rings. The van der Waals surface area contributed by atoms with E-state index in [0.717, 1.165) is 0 Å². The second-order valence-corrected chi connectivity index (χ2v) is 6.36. The van der Waals surface area contributed by atoms with Crippen molar-refractivity contribution in [1.29, 1.82) is 0 Å². The van der Waals surface area contributed by atoms with Crippen LogP contribution in [-0.2, 0) is 14.3 Å². The summed E-state index contributed by atoms with van der Waals surface area (Å²) in [4.78, 5) is 22.9. The van der Waals surface area contributed by atoms with Gasteiger partial charge in [-0.25, -0.2) is 0 Å². The number of esters is 1. The number of hydrogen-bond donors (Lipinski definition) is 0. The monoisotopic (exact) mass is 228 g/mol. The fourth-order valence-corrected chi connectivity index (χ4v) is 1.31. The van der Waals surface area contributed by atoms with Gasteiger partial charge in [-0.2, -0.15) is 0 Å². The Kier molecular flexibility index (Phi) is 5.17. The van der Waals surface area contributed by atoms with Gasteiger partial charge in [0.1, 0.15) is 11.4 Å². The Balaban J connectivity index is 3.90. The summed E-state index contributed by atoms with van der Waals surface area (Å²) in [5.41, 5.74) is -0.477. The highest BCUT2D eigenvalue weighted by atomic mass is 16.6. The molecule has 0 aromatic heterocycles. The van der Waals surface area contributed by atoms with Crippen LogP contribution in [0.25, 0.3) is 0 Å². The standard InChI is InChI=1S/C13H24O3/c1-12(2,3)9-10(14)7-8-11(15)16-13(4,5)6/h7-9H2,1-6H3. The van der Waals surface area contributed by atoms with Gasteiger partial charge in [0, 0.05) is 12.8 Å². The van der Waals surface area contributed by atoms with E-state index in [1.54, 1.807) is 0 Å². The maximum Gasteiger partial charge on any atom is 0.306 e. The summed E-state index contributed by atoms with van der Waals surface area (Å²) in [6.45, 7) is 11.5. The molecule has 0 heterocycles. The average Bonchev–Trinajstić information content (AvgIpc) is 1.94. The van der Waals surface area contributed by atoms with Gasteiger partial charge < -0.3 is 4.74 Å². The highest BCUT2D eigenvalue weighted by Crippen LogP contribution is 2.20. The Hall–Kier alpha value is -0.860. The van der Waals surface area contributed by atoms with Gasteiger partial charge in [0.2, 0.25) is 0 Å². The van der Waals surface area contributed by atoms with E-state index in [-0.39, 0.29) is 30.0 Å². The van der Waals surface area contributed by atoms with Crippen molar-refractivity contribution in [2.75, 3.05) is 0 Å². The van der Waals surface area contributed by atoms with Crippen LogP contribution in [0.2, 0.25) is 0 Å². The Bertz CT molecular complexity index is 225. The van der Waals surface area contributed by atoms with Crippen LogP contribution in [-0.4, -0.2) is 17.4 Å². The van der Waals surface area contributed by atoms with Crippen LogP contribution in [0.5, 0.6) is 0 Å². The topological polar surface area (TPSA) is 43.4 Å². The second kappa shape index (κ2) is 5.46. The number of carbonyl (C=O) groups is 2. The van der Waals surface area contributed by atoms with Crippen LogP contribution in [0.1, 0.15) is 60.8 Å². The zero-order valence-corrected chi connectivity index (χ0v) is 11.3. The van der Waals surface area contributed by atoms with Gasteiger partial charge in [-0.1, -0.05) is 20.8 Å². The van der Waals surface area contributed by atoms with E-state index in [0.29, 0.717) is 6.42 Å². The van der Waals surface area contributed by atoms with E-state index in [1.165, 1.54) is 0 Å². The molecule has 0 aliphatic heterocycles. The minimum atomic E-state index is -0.468. The van der Waals surface area contributed by atoms with Crippen molar-refractivity contribution in [3.8, 4) is 0 Å². The van der Waals surface area contributed by atoms with E-state index < -0.39 is 5.60 Å². The molecule has 0 bridgehead atoms. The van der Waals surface area contributed by atoms with Crippen LogP contribution < -0.4 is 0 Å². The van der Waals surface area contributed by atoms with Crippen LogP contribution in [0.15, 0.2) is 0 Å². The molecular weight excluding hydrogens is 204 g/mol. The van der Waals surface area contributed by atoms with Gasteiger partial charge in [-0.15, -0.1) is 0 Å². The number of ether oxygens (including phenoxy) is 1. The fourth-order valence-electron chi connectivity index (χ4n) is 1.31. The molecule has 0 radical (unpaired) electrons. The second-order valence-electron chi connectivity index (χ2n) is 6.36. The van der Waals surface area contributed by atoms with Crippen molar-refractivity contribution in [3.05, 3.63) is 0 Å². The quantitative estimate of drug-likeness (QED) is 0.694. The summed E-state index contributed by atoms with van der Waals surface area (Å²) in [6.07, 6.45) is 0.980. The van der Waals surface area contributed by atoms with Crippen LogP contribution in [0.3, 0.4) is 0 Å². The molecule has 0 saturated heterocycles. The zero-order chi connectivity index (χ0) is 13.0. The molecule has 3 nitrogen and oxygen atoms in total. The summed E-state index contributed by atoms with van der Waals surface area (Å²) in [6, 6.07) is 0. The largest absolute Gasteiger partial charge is 0.460 e. The summed E-state index contributed by atoms with van der Waals surface area (Å²) in [5.74, 6) is -0.173. The minimum Gasteiger partial charge on any atom is -0.460 e. The molecular formula is C13H24O3. The lowest BCUT2D eigenvalue weighted by Crippen LogP contribution is -2.24. The van der Waals surface area contributed by atoms with Crippen LogP contribution in [0, 0.1) is 5.41 Å². The number of Topliss-reactive ketones (excluding diaryl/α,β-unsaturated/α-hetero) is 1. The smallest absolute Gasteiger partial charge is 0.306 e. The Morgan fingerprint density at radius 2 is 1.44 bits per heavy atom. The van der Waals surface area contributed by atoms with Crippen molar-refractivity contribution in [3.63, 3.8) is 0 Å². The Morgan fingerprint density at radius 1 is 0.938 bits per heavy atom. The van der Waals surface area contributed by atoms with Crippen molar-refractivity contribution in [1.82, 2.24) is 0 Å². The molecule has 3 heteroatoms. The maximum atomic E-state index is 11.5. The van der Waals surface area contributed by atoms with Crippen molar-refractivity contribution < 1.29 is 14.3 Å². The summed E-state index contributed by atoms with van der Waals surface area (Å²) in [7, 11) is 0. The van der Waals surface area contributed by atoms with E-state index in [2.05, 4.69) is 0 Å². The molecule has 0 N–H and O–H groups in total. The molecule has 0 fully saturated rings. The molecule has 94 valence electrons. The van der Waals surface area contributed by atoms with Crippen LogP contribution >= 0.6 is 0 Å². The molecule has 0 amide bonds. The first kappa shape index (κ1) is 15.1. The van der Waals surface area contributed by atoms with Gasteiger partial charge in [0.15, 0.2) is 0 Å². The van der Waals surface area contributed by atoms with Gasteiger partial charge in [-0.05, 0) is 26.2 Å². The molecule has 16 heavy (non-hydrogen) atoms. The lowest BCUT2D eigenvalue weighted by Gasteiger charge is -2.20. The fraction of sp³-hybridized carbons (Fsp3) is 0.846. The van der Waals surface area contributed by atoms with Crippen molar-refractivity contribution in [2.45, 2.75) is 66.4 Å². The van der Waals surface area contributed by atoms with E-state index in [4.69, 9.17) is 4.74 Å². The number of carbonyl (C=O) groups excluding carboxylic acids is 2. The lowest BCUT2D eigenvalue weighted by molar-refractivity contribution is -0.155. The first-order valence-electron chi connectivity index (χ1n) is 5.73. The van der Waals surface area contributed by atoms with Gasteiger partial charge in [0.25, 0.3) is 0 Å². The normalized spacial score (nSPS) is 12.4. The van der Waals surface area contributed by atoms with E-state index in [1.807, 2.05) is 41.5 Å². The first-order chi connectivity index (χ1) is 6.99. The first-order valence-corrected chi connectivity index (χ1v) is 5.73. The van der Waals surface area contributed by atoms with Crippen LogP contribution in [0.4, 0.5) is 0 Å². The van der Waals surface area contributed by atoms with Gasteiger partial charge in [0.05, 0.1) is 6.42 Å². The van der Waals surface area contributed by atoms with Gasteiger partial charge in [-0.3, -0.25) is 9.59 Å². The maximum absolute atomic E-state index is 11.5. The molecule has 0 saturated carbocycles. The van der Waals surface area contributed by atoms with Gasteiger partial charge >= 0.3 is 5.97 Å². The number of hydrogen-bond acceptors (Lipinski definition) is 3. The summed E-state index contributed by atoms with van der Waals surface area (Å²) < 4.78 is 5.13. The average molecular weight is 228 g/mol. The molecule has 0 aromatic rings. The zero-order valence-electron chi connectivity index (χ0n) is 11.3. The SMILES string of the molecule is CC(C)(C)CC(=O)CCC(=O)OC(C)(C)C. The van der Waals surface area contributed by atoms with E-state index in [9.17, 15) is 9.59 Å².